The lowest BCUT2D eigenvalue weighted by Gasteiger charge is -1.99. The Balaban J connectivity index is 3.02. The van der Waals surface area contributed by atoms with E-state index in [1.165, 1.54) is 12.1 Å². The first kappa shape index (κ1) is 7.81. The van der Waals surface area contributed by atoms with Crippen molar-refractivity contribution in [2.75, 3.05) is 0 Å². The molecule has 1 aromatic carbocycles. The van der Waals surface area contributed by atoms with Gasteiger partial charge in [0.25, 0.3) is 0 Å². The van der Waals surface area contributed by atoms with Crippen molar-refractivity contribution in [1.82, 2.24) is 0 Å². The molecule has 0 radical (unpaired) electrons. The molecule has 1 N–H and O–H groups in total. The molecule has 0 saturated heterocycles. The lowest BCUT2D eigenvalue weighted by molar-refractivity contribution is -0.138. The van der Waals surface area contributed by atoms with Crippen molar-refractivity contribution in [2.24, 2.45) is 0 Å². The Labute approximate surface area is 62.8 Å². The van der Waals surface area contributed by atoms with Crippen LogP contribution in [0.15, 0.2) is 18.2 Å². The molecule has 0 heterocycles. The van der Waals surface area contributed by atoms with Crippen molar-refractivity contribution in [2.45, 2.75) is 6.92 Å². The first-order chi connectivity index (χ1) is 5.26. The zero-order valence-corrected chi connectivity index (χ0v) is 5.87. The smallest absolute Gasteiger partial charge is 0.176 e. The fourth-order valence-corrected chi connectivity index (χ4v) is 0.811. The van der Waals surface area contributed by atoms with Gasteiger partial charge in [0.1, 0.15) is 0 Å². The van der Waals surface area contributed by atoms with Crippen LogP contribution in [-0.2, 0) is 0 Å². The topological polar surface area (TPSA) is 38.7 Å². The van der Waals surface area contributed by atoms with Crippen LogP contribution in [0.25, 0.3) is 0 Å². The average Bonchev–Trinajstić information content (AvgIpc) is 2.03. The van der Waals surface area contributed by atoms with Crippen molar-refractivity contribution < 1.29 is 19.6 Å². The zero-order chi connectivity index (χ0) is 8.27. The highest BCUT2D eigenvalue weighted by molar-refractivity contribution is 5.37. The molecule has 4 heteroatoms. The number of aryl methyl sites for hydroxylation is 1. The molecular weight excluding hydrogens is 151 g/mol. The van der Waals surface area contributed by atoms with Crippen molar-refractivity contribution in [1.29, 1.82) is 0 Å². The van der Waals surface area contributed by atoms with E-state index in [-0.39, 0.29) is 11.5 Å². The summed E-state index contributed by atoms with van der Waals surface area (Å²) >= 11 is 0. The van der Waals surface area contributed by atoms with E-state index in [2.05, 4.69) is 9.83 Å². The van der Waals surface area contributed by atoms with Crippen molar-refractivity contribution in [3.05, 3.63) is 23.8 Å². The molecule has 0 saturated carbocycles. The van der Waals surface area contributed by atoms with Gasteiger partial charge in [-0.1, -0.05) is 0 Å². The van der Waals surface area contributed by atoms with Gasteiger partial charge in [-0.25, -0.2) is 5.26 Å². The molecule has 1 rings (SSSR count). The summed E-state index contributed by atoms with van der Waals surface area (Å²) in [4.78, 5) is 7.34. The number of hydrogen-bond acceptors (Lipinski definition) is 3. The van der Waals surface area contributed by atoms with Crippen LogP contribution in [0.1, 0.15) is 5.56 Å². The summed E-state index contributed by atoms with van der Waals surface area (Å²) in [6, 6.07) is 4.25. The van der Waals surface area contributed by atoms with Gasteiger partial charge in [-0.3, -0.25) is 4.94 Å². The van der Waals surface area contributed by atoms with Gasteiger partial charge in [0.2, 0.25) is 0 Å². The van der Waals surface area contributed by atoms with E-state index >= 15 is 0 Å². The van der Waals surface area contributed by atoms with Crippen LogP contribution in [0.2, 0.25) is 0 Å². The third-order valence-corrected chi connectivity index (χ3v) is 1.22. The van der Waals surface area contributed by atoms with Crippen LogP contribution in [0.4, 0.5) is 4.53 Å². The predicted molar refractivity (Wildman–Crippen MR) is 36.2 cm³/mol. The molecule has 11 heavy (non-hydrogen) atoms. The molecule has 60 valence electrons. The average molecular weight is 158 g/mol. The molecule has 0 aliphatic rings. The monoisotopic (exact) mass is 158 g/mol. The van der Waals surface area contributed by atoms with Crippen LogP contribution in [0, 0.1) is 6.92 Å². The van der Waals surface area contributed by atoms with Crippen LogP contribution >= 0.6 is 0 Å². The quantitative estimate of drug-likeness (QED) is 0.529. The first-order valence-electron chi connectivity index (χ1n) is 2.98. The third-order valence-electron chi connectivity index (χ3n) is 1.22. The number of benzene rings is 1. The highest BCUT2D eigenvalue weighted by Gasteiger charge is 2.00. The maximum atomic E-state index is 11.6. The summed E-state index contributed by atoms with van der Waals surface area (Å²) in [6.07, 6.45) is 0. The largest absolute Gasteiger partial charge is 0.340 e. The van der Waals surface area contributed by atoms with E-state index in [0.29, 0.717) is 0 Å². The summed E-state index contributed by atoms with van der Waals surface area (Å²) < 4.78 is 11.6. The lowest BCUT2D eigenvalue weighted by Crippen LogP contribution is -1.86. The molecule has 0 aliphatic carbocycles. The van der Waals surface area contributed by atoms with Gasteiger partial charge in [0.05, 0.1) is 0 Å². The van der Waals surface area contributed by atoms with Crippen LogP contribution in [0.5, 0.6) is 11.5 Å². The zero-order valence-electron chi connectivity index (χ0n) is 5.87. The van der Waals surface area contributed by atoms with E-state index in [9.17, 15) is 4.53 Å². The molecule has 0 aromatic heterocycles. The Morgan fingerprint density at radius 2 is 1.91 bits per heavy atom. The lowest BCUT2D eigenvalue weighted by atomic mass is 10.2. The summed E-state index contributed by atoms with van der Waals surface area (Å²) in [5.41, 5.74) is 0.740. The second-order valence-electron chi connectivity index (χ2n) is 2.15. The SMILES string of the molecule is Cc1cc(OO)cc(OF)c1. The number of halogens is 1. The normalized spacial score (nSPS) is 9.36. The maximum absolute atomic E-state index is 11.6. The highest BCUT2D eigenvalue weighted by Crippen LogP contribution is 2.21. The Morgan fingerprint density at radius 1 is 1.27 bits per heavy atom. The summed E-state index contributed by atoms with van der Waals surface area (Å²) in [5.74, 6) is 0.159. The van der Waals surface area contributed by atoms with Gasteiger partial charge in [-0.15, -0.1) is 0 Å². The maximum Gasteiger partial charge on any atom is 0.176 e. The van der Waals surface area contributed by atoms with Gasteiger partial charge in [0, 0.05) is 10.6 Å². The third kappa shape index (κ3) is 1.81. The standard InChI is InChI=1S/C7H7FO3/c1-5-2-6(10-8)4-7(3-5)11-9/h2-4,9H,1H3. The van der Waals surface area contributed by atoms with Crippen LogP contribution in [-0.4, -0.2) is 5.26 Å². The molecule has 0 bridgehead atoms. The predicted octanol–water partition coefficient (Wildman–Crippen LogP) is 2.11. The van der Waals surface area contributed by atoms with Gasteiger partial charge < -0.3 is 4.89 Å². The molecule has 1 aromatic rings. The Bertz CT molecular complexity index is 227. The summed E-state index contributed by atoms with van der Waals surface area (Å²) in [5, 5.41) is 8.20. The van der Waals surface area contributed by atoms with Crippen molar-refractivity contribution in [3.63, 3.8) is 0 Å². The molecule has 0 fully saturated rings. The Morgan fingerprint density at radius 3 is 2.45 bits per heavy atom. The van der Waals surface area contributed by atoms with E-state index in [0.717, 1.165) is 5.56 Å². The van der Waals surface area contributed by atoms with E-state index in [1.807, 2.05) is 0 Å². The van der Waals surface area contributed by atoms with Crippen LogP contribution in [0.3, 0.4) is 0 Å². The molecule has 0 atom stereocenters. The van der Waals surface area contributed by atoms with Gasteiger partial charge in [-0.05, 0) is 24.6 Å². The minimum absolute atomic E-state index is 0.00838. The summed E-state index contributed by atoms with van der Waals surface area (Å²) in [7, 11) is 0. The van der Waals surface area contributed by atoms with Gasteiger partial charge in [-0.2, -0.15) is 0 Å². The second-order valence-corrected chi connectivity index (χ2v) is 2.15. The molecule has 0 amide bonds. The molecule has 0 aliphatic heterocycles. The van der Waals surface area contributed by atoms with E-state index < -0.39 is 0 Å². The van der Waals surface area contributed by atoms with Crippen molar-refractivity contribution >= 4 is 0 Å². The number of hydrogen-bond donors (Lipinski definition) is 1. The Kier molecular flexibility index (Phi) is 2.28. The second kappa shape index (κ2) is 3.21. The Hall–Kier alpha value is -1.29. The minimum Gasteiger partial charge on any atom is -0.340 e. The van der Waals surface area contributed by atoms with E-state index in [1.54, 1.807) is 13.0 Å². The molecule has 0 spiro atoms. The molecular formula is C7H7FO3. The van der Waals surface area contributed by atoms with Crippen molar-refractivity contribution in [3.8, 4) is 11.5 Å². The molecule has 3 nitrogen and oxygen atoms in total. The highest BCUT2D eigenvalue weighted by atomic mass is 19.3. The summed E-state index contributed by atoms with van der Waals surface area (Å²) in [6.45, 7) is 1.73. The number of rotatable bonds is 2. The van der Waals surface area contributed by atoms with E-state index in [4.69, 9.17) is 5.26 Å². The van der Waals surface area contributed by atoms with Gasteiger partial charge >= 0.3 is 0 Å². The fraction of sp³-hybridized carbons (Fsp3) is 0.143. The van der Waals surface area contributed by atoms with Crippen LogP contribution < -0.4 is 9.83 Å². The first-order valence-corrected chi connectivity index (χ1v) is 2.98. The fourth-order valence-electron chi connectivity index (χ4n) is 0.811. The minimum atomic E-state index is 0.00838. The molecule has 0 unspecified atom stereocenters. The van der Waals surface area contributed by atoms with Gasteiger partial charge in [0.15, 0.2) is 11.5 Å².